The first kappa shape index (κ1) is 28.9. The molecule has 2 aromatic carbocycles. The number of ether oxygens (including phenoxy) is 2. The molecule has 0 saturated carbocycles. The van der Waals surface area contributed by atoms with Crippen molar-refractivity contribution in [2.75, 3.05) is 30.0 Å². The summed E-state index contributed by atoms with van der Waals surface area (Å²) in [6.45, 7) is 5.83. The number of rotatable bonds is 10. The largest absolute Gasteiger partial charge is 0.489 e. The molecule has 1 aliphatic rings. The van der Waals surface area contributed by atoms with Gasteiger partial charge in [-0.15, -0.1) is 11.6 Å². The smallest absolute Gasteiger partial charge is 0.237 e. The second kappa shape index (κ2) is 12.0. The highest BCUT2D eigenvalue weighted by Gasteiger charge is 2.26. The van der Waals surface area contributed by atoms with E-state index in [1.165, 1.54) is 0 Å². The molecule has 0 spiro atoms. The molecule has 39 heavy (non-hydrogen) atoms. The van der Waals surface area contributed by atoms with Crippen LogP contribution in [0.4, 0.5) is 5.95 Å². The van der Waals surface area contributed by atoms with Gasteiger partial charge < -0.3 is 14.8 Å². The van der Waals surface area contributed by atoms with E-state index < -0.39 is 15.4 Å². The average molecular weight is 591 g/mol. The number of nitrogens with one attached hydrogen (secondary N) is 2. The lowest BCUT2D eigenvalue weighted by molar-refractivity contribution is 0.298. The molecule has 0 amide bonds. The molecule has 0 saturated heterocycles. The first-order chi connectivity index (χ1) is 18.5. The van der Waals surface area contributed by atoms with Gasteiger partial charge in [0.2, 0.25) is 16.0 Å². The molecule has 1 aliphatic heterocycles. The van der Waals surface area contributed by atoms with E-state index in [1.807, 2.05) is 44.2 Å². The van der Waals surface area contributed by atoms with Gasteiger partial charge in [-0.1, -0.05) is 37.6 Å². The van der Waals surface area contributed by atoms with Gasteiger partial charge >= 0.3 is 0 Å². The first-order valence-electron chi connectivity index (χ1n) is 12.2. The summed E-state index contributed by atoms with van der Waals surface area (Å²) >= 11 is 12.2. The molecule has 2 heterocycles. The predicted octanol–water partition coefficient (Wildman–Crippen LogP) is 4.54. The Kier molecular flexibility index (Phi) is 8.86. The molecule has 12 heteroatoms. The Labute approximate surface area is 238 Å². The fourth-order valence-corrected chi connectivity index (χ4v) is 5.15. The average Bonchev–Trinajstić information content (AvgIpc) is 2.90. The van der Waals surface area contributed by atoms with Crippen molar-refractivity contribution in [3.63, 3.8) is 0 Å². The summed E-state index contributed by atoms with van der Waals surface area (Å²) in [5.74, 6) is 1.29. The molecule has 206 valence electrons. The third-order valence-electron chi connectivity index (χ3n) is 6.46. The Morgan fingerprint density at radius 2 is 1.90 bits per heavy atom. The number of benzene rings is 2. The molecule has 1 aromatic heterocycles. The lowest BCUT2D eigenvalue weighted by atomic mass is 9.77. The Morgan fingerprint density at radius 3 is 2.56 bits per heavy atom. The SMILES string of the molecule is CC(C)(c1ccc(OCc2nc(NS(C)(=O)=O)nc3c2CCNC3)cc1)c1cc(Cl)c(OCCCl)c(C#N)c1. The Balaban J connectivity index is 1.54. The summed E-state index contributed by atoms with van der Waals surface area (Å²) in [6.07, 6.45) is 1.79. The van der Waals surface area contributed by atoms with Crippen molar-refractivity contribution >= 4 is 39.2 Å². The highest BCUT2D eigenvalue weighted by molar-refractivity contribution is 7.91. The van der Waals surface area contributed by atoms with Crippen molar-refractivity contribution in [3.8, 4) is 17.6 Å². The predicted molar refractivity (Wildman–Crippen MR) is 151 cm³/mol. The van der Waals surface area contributed by atoms with E-state index >= 15 is 0 Å². The Bertz CT molecular complexity index is 1510. The van der Waals surface area contributed by atoms with Crippen LogP contribution in [0, 0.1) is 11.3 Å². The van der Waals surface area contributed by atoms with Gasteiger partial charge in [0.1, 0.15) is 25.0 Å². The summed E-state index contributed by atoms with van der Waals surface area (Å²) in [6, 6.07) is 13.4. The zero-order valence-electron chi connectivity index (χ0n) is 21.8. The number of hydrogen-bond acceptors (Lipinski definition) is 8. The van der Waals surface area contributed by atoms with Gasteiger partial charge in [-0.3, -0.25) is 4.72 Å². The Hall–Kier alpha value is -3.10. The molecule has 0 atom stereocenters. The minimum atomic E-state index is -3.52. The normalized spacial score (nSPS) is 13.3. The third-order valence-corrected chi connectivity index (χ3v) is 7.45. The fraction of sp³-hybridized carbons (Fsp3) is 0.370. The molecular weight excluding hydrogens is 561 g/mol. The fourth-order valence-electron chi connectivity index (χ4n) is 4.38. The van der Waals surface area contributed by atoms with Crippen molar-refractivity contribution in [3.05, 3.63) is 75.1 Å². The van der Waals surface area contributed by atoms with E-state index in [1.54, 1.807) is 6.07 Å². The van der Waals surface area contributed by atoms with Crippen LogP contribution in [0.2, 0.25) is 5.02 Å². The van der Waals surface area contributed by atoms with Crippen molar-refractivity contribution in [2.45, 2.75) is 38.8 Å². The summed E-state index contributed by atoms with van der Waals surface area (Å²) in [4.78, 5) is 8.78. The van der Waals surface area contributed by atoms with E-state index in [9.17, 15) is 13.7 Å². The first-order valence-corrected chi connectivity index (χ1v) is 15.1. The second-order valence-corrected chi connectivity index (χ2v) is 12.2. The minimum Gasteiger partial charge on any atom is -0.489 e. The molecule has 2 N–H and O–H groups in total. The van der Waals surface area contributed by atoms with Crippen LogP contribution in [-0.2, 0) is 35.0 Å². The molecule has 0 aliphatic carbocycles. The maximum Gasteiger partial charge on any atom is 0.237 e. The summed E-state index contributed by atoms with van der Waals surface area (Å²) in [5, 5.41) is 13.3. The van der Waals surface area contributed by atoms with E-state index in [2.05, 4.69) is 26.1 Å². The molecule has 0 unspecified atom stereocenters. The molecule has 3 aromatic rings. The number of sulfonamides is 1. The number of aromatic nitrogens is 2. The monoisotopic (exact) mass is 589 g/mol. The van der Waals surface area contributed by atoms with Gasteiger partial charge in [-0.05, 0) is 48.4 Å². The molecule has 4 rings (SSSR count). The van der Waals surface area contributed by atoms with Gasteiger partial charge in [0, 0.05) is 17.5 Å². The number of alkyl halides is 1. The van der Waals surface area contributed by atoms with Crippen LogP contribution in [0.1, 0.15) is 47.5 Å². The Morgan fingerprint density at radius 1 is 1.15 bits per heavy atom. The van der Waals surface area contributed by atoms with Crippen LogP contribution in [0.3, 0.4) is 0 Å². The van der Waals surface area contributed by atoms with Crippen LogP contribution < -0.4 is 19.5 Å². The lowest BCUT2D eigenvalue weighted by Crippen LogP contribution is -2.28. The van der Waals surface area contributed by atoms with Crippen molar-refractivity contribution in [1.29, 1.82) is 5.26 Å². The van der Waals surface area contributed by atoms with Crippen molar-refractivity contribution in [1.82, 2.24) is 15.3 Å². The highest BCUT2D eigenvalue weighted by Crippen LogP contribution is 2.38. The van der Waals surface area contributed by atoms with Crippen molar-refractivity contribution in [2.24, 2.45) is 0 Å². The quantitative estimate of drug-likeness (QED) is 0.330. The highest BCUT2D eigenvalue weighted by atomic mass is 35.5. The number of halogens is 2. The minimum absolute atomic E-state index is 0.0325. The lowest BCUT2D eigenvalue weighted by Gasteiger charge is -2.27. The van der Waals surface area contributed by atoms with Crippen LogP contribution in [-0.4, -0.2) is 43.7 Å². The van der Waals surface area contributed by atoms with Gasteiger partial charge in [0.25, 0.3) is 0 Å². The van der Waals surface area contributed by atoms with Crippen LogP contribution in [0.15, 0.2) is 36.4 Å². The van der Waals surface area contributed by atoms with Gasteiger partial charge in [0.15, 0.2) is 5.75 Å². The maximum atomic E-state index is 11.7. The molecular formula is C27H29Cl2N5O4S. The van der Waals surface area contributed by atoms with Crippen LogP contribution in [0.25, 0.3) is 0 Å². The topological polar surface area (TPSA) is 126 Å². The maximum absolute atomic E-state index is 11.7. The molecule has 0 fully saturated rings. The van der Waals surface area contributed by atoms with Crippen LogP contribution in [0.5, 0.6) is 11.5 Å². The number of anilines is 1. The molecule has 9 nitrogen and oxygen atoms in total. The van der Waals surface area contributed by atoms with Gasteiger partial charge in [-0.2, -0.15) is 5.26 Å². The zero-order chi connectivity index (χ0) is 28.2. The number of nitriles is 1. The standard InChI is InChI=1S/C27H29Cl2N5O4S/c1-27(2,19-12-17(14-30)25(22(29)13-19)37-11-9-28)18-4-6-20(7-5-18)38-16-24-21-8-10-31-15-23(21)32-26(33-24)34-39(3,35)36/h4-7,12-13,31H,8-11,15-16H2,1-3H3,(H,32,33,34). The molecule has 0 bridgehead atoms. The summed E-state index contributed by atoms with van der Waals surface area (Å²) in [5.41, 5.74) is 4.11. The molecule has 0 radical (unpaired) electrons. The van der Waals surface area contributed by atoms with E-state index in [0.29, 0.717) is 40.2 Å². The number of nitrogens with zero attached hydrogens (tertiary/aromatic N) is 3. The van der Waals surface area contributed by atoms with Gasteiger partial charge in [-0.25, -0.2) is 18.4 Å². The van der Waals surface area contributed by atoms with E-state index in [-0.39, 0.29) is 19.2 Å². The van der Waals surface area contributed by atoms with E-state index in [4.69, 9.17) is 32.7 Å². The zero-order valence-corrected chi connectivity index (χ0v) is 24.2. The van der Waals surface area contributed by atoms with Crippen molar-refractivity contribution < 1.29 is 17.9 Å². The van der Waals surface area contributed by atoms with Crippen LogP contribution >= 0.6 is 23.2 Å². The second-order valence-electron chi connectivity index (χ2n) is 9.64. The summed E-state index contributed by atoms with van der Waals surface area (Å²) in [7, 11) is -3.52. The van der Waals surface area contributed by atoms with Gasteiger partial charge in [0.05, 0.1) is 34.1 Å². The summed E-state index contributed by atoms with van der Waals surface area (Å²) < 4.78 is 37.4. The number of fused-ring (bicyclic) bond motifs is 1. The number of hydrogen-bond donors (Lipinski definition) is 2. The third kappa shape index (κ3) is 6.92. The van der Waals surface area contributed by atoms with E-state index in [0.717, 1.165) is 41.6 Å².